The van der Waals surface area contributed by atoms with Gasteiger partial charge in [-0.1, -0.05) is 59.0 Å². The number of alkyl halides is 3. The lowest BCUT2D eigenvalue weighted by Gasteiger charge is -2.30. The second-order valence-electron chi connectivity index (χ2n) is 7.98. The molecule has 1 unspecified atom stereocenters. The van der Waals surface area contributed by atoms with Gasteiger partial charge in [0.25, 0.3) is 0 Å². The van der Waals surface area contributed by atoms with Crippen molar-refractivity contribution in [2.75, 3.05) is 5.75 Å². The van der Waals surface area contributed by atoms with E-state index in [2.05, 4.69) is 38.7 Å². The molecule has 2 aromatic carbocycles. The van der Waals surface area contributed by atoms with Gasteiger partial charge in [-0.15, -0.1) is 11.8 Å². The molecule has 0 radical (unpaired) electrons. The molecule has 0 amide bonds. The zero-order valence-electron chi connectivity index (χ0n) is 16.9. The molecule has 1 nitrogen and oxygen atoms in total. The number of thioether (sulfide) groups is 1. The third-order valence-electron chi connectivity index (χ3n) is 6.00. The quantitative estimate of drug-likeness (QED) is 0.181. The molecule has 164 valence electrons. The number of halogens is 4. The fourth-order valence-corrected chi connectivity index (χ4v) is 5.77. The van der Waals surface area contributed by atoms with Gasteiger partial charge in [0.2, 0.25) is 0 Å². The van der Waals surface area contributed by atoms with Gasteiger partial charge in [0.05, 0.1) is 5.56 Å². The van der Waals surface area contributed by atoms with Crippen LogP contribution in [0.25, 0.3) is 0 Å². The molecule has 1 aliphatic carbocycles. The topological polar surface area (TPSA) is 12.0 Å². The summed E-state index contributed by atoms with van der Waals surface area (Å²) in [5, 5.41) is 2.63. The first kappa shape index (κ1) is 23.6. The molecule has 0 bridgehead atoms. The van der Waals surface area contributed by atoms with Gasteiger partial charge in [-0.25, -0.2) is 4.39 Å². The first-order valence-electron chi connectivity index (χ1n) is 10.4. The summed E-state index contributed by atoms with van der Waals surface area (Å²) in [5.74, 6) is -0.0522. The van der Waals surface area contributed by atoms with Gasteiger partial charge < -0.3 is 0 Å². The summed E-state index contributed by atoms with van der Waals surface area (Å²) in [6, 6.07) is 12.5. The molecule has 1 N–H and O–H groups in total. The SMILES string of the molecule is Fc1cc(SCCCCC2(c3ccccc3)CCCC2)c(C(F)(F)F)cc1CNP. The predicted molar refractivity (Wildman–Crippen MR) is 119 cm³/mol. The first-order chi connectivity index (χ1) is 14.4. The van der Waals surface area contributed by atoms with Gasteiger partial charge in [0, 0.05) is 17.0 Å². The summed E-state index contributed by atoms with van der Waals surface area (Å²) in [6.45, 7) is 0.0338. The largest absolute Gasteiger partial charge is 0.417 e. The van der Waals surface area contributed by atoms with Crippen molar-refractivity contribution >= 4 is 21.2 Å². The fourth-order valence-electron chi connectivity index (χ4n) is 4.46. The van der Waals surface area contributed by atoms with Crippen molar-refractivity contribution in [3.8, 4) is 0 Å². The van der Waals surface area contributed by atoms with Crippen LogP contribution in [0.5, 0.6) is 0 Å². The Kier molecular flexibility index (Phi) is 8.23. The van der Waals surface area contributed by atoms with Gasteiger partial charge in [-0.2, -0.15) is 13.2 Å². The van der Waals surface area contributed by atoms with Crippen LogP contribution in [0, 0.1) is 5.82 Å². The molecule has 1 fully saturated rings. The Balaban J connectivity index is 1.60. The highest BCUT2D eigenvalue weighted by Gasteiger charge is 2.36. The van der Waals surface area contributed by atoms with Gasteiger partial charge in [0.15, 0.2) is 0 Å². The molecule has 0 spiro atoms. The Morgan fingerprint density at radius 2 is 1.73 bits per heavy atom. The molecule has 0 heterocycles. The van der Waals surface area contributed by atoms with Crippen molar-refractivity contribution in [3.05, 3.63) is 65.0 Å². The lowest BCUT2D eigenvalue weighted by Crippen LogP contribution is -2.21. The average molecular weight is 458 g/mol. The summed E-state index contributed by atoms with van der Waals surface area (Å²) in [7, 11) is 2.18. The van der Waals surface area contributed by atoms with Crippen molar-refractivity contribution in [3.63, 3.8) is 0 Å². The lowest BCUT2D eigenvalue weighted by atomic mass is 9.75. The average Bonchev–Trinajstić information content (AvgIpc) is 3.19. The van der Waals surface area contributed by atoms with Crippen LogP contribution in [0.15, 0.2) is 47.4 Å². The second-order valence-corrected chi connectivity index (χ2v) is 9.52. The summed E-state index contributed by atoms with van der Waals surface area (Å²) in [6.07, 6.45) is 3.15. The lowest BCUT2D eigenvalue weighted by molar-refractivity contribution is -0.139. The van der Waals surface area contributed by atoms with E-state index >= 15 is 0 Å². The standard InChI is InChI=1S/C23H28F4NPS/c24-20-15-21(19(23(25,26)27)14-17(20)16-28-29)30-13-7-6-12-22(10-4-5-11-22)18-8-2-1-3-9-18/h1-3,8-9,14-15,28H,4-7,10-13,16,29H2. The van der Waals surface area contributed by atoms with Crippen LogP contribution >= 0.6 is 21.2 Å². The Labute approximate surface area is 182 Å². The molecule has 1 aliphatic rings. The maximum Gasteiger partial charge on any atom is 0.417 e. The fraction of sp³-hybridized carbons (Fsp3) is 0.478. The Hall–Kier alpha value is -1.10. The summed E-state index contributed by atoms with van der Waals surface area (Å²) < 4.78 is 54.6. The smallest absolute Gasteiger partial charge is 0.296 e. The first-order valence-corrected chi connectivity index (χ1v) is 11.9. The third-order valence-corrected chi connectivity index (χ3v) is 7.35. The number of hydrogen-bond donors (Lipinski definition) is 1. The predicted octanol–water partition coefficient (Wildman–Crippen LogP) is 7.50. The molecular formula is C23H28F4NPS. The van der Waals surface area contributed by atoms with Gasteiger partial charge in [-0.05, 0) is 54.5 Å². The van der Waals surface area contributed by atoms with E-state index in [9.17, 15) is 17.6 Å². The van der Waals surface area contributed by atoms with Crippen LogP contribution in [0.1, 0.15) is 61.6 Å². The minimum atomic E-state index is -4.49. The Bertz CT molecular complexity index is 820. The van der Waals surface area contributed by atoms with Crippen molar-refractivity contribution in [2.24, 2.45) is 0 Å². The van der Waals surface area contributed by atoms with Crippen LogP contribution in [-0.2, 0) is 18.1 Å². The molecule has 0 aromatic heterocycles. The van der Waals surface area contributed by atoms with E-state index < -0.39 is 17.6 Å². The molecule has 2 aromatic rings. The summed E-state index contributed by atoms with van der Waals surface area (Å²) in [4.78, 5) is -0.0221. The van der Waals surface area contributed by atoms with Crippen molar-refractivity contribution in [1.82, 2.24) is 5.09 Å². The van der Waals surface area contributed by atoms with Crippen molar-refractivity contribution in [1.29, 1.82) is 0 Å². The van der Waals surface area contributed by atoms with E-state index in [1.807, 2.05) is 6.07 Å². The van der Waals surface area contributed by atoms with E-state index in [-0.39, 0.29) is 22.4 Å². The maximum absolute atomic E-state index is 14.2. The molecule has 0 saturated heterocycles. The highest BCUT2D eigenvalue weighted by Crippen LogP contribution is 2.45. The van der Waals surface area contributed by atoms with Crippen LogP contribution in [0.2, 0.25) is 0 Å². The van der Waals surface area contributed by atoms with E-state index in [0.717, 1.165) is 43.2 Å². The van der Waals surface area contributed by atoms with Crippen LogP contribution in [0.3, 0.4) is 0 Å². The molecule has 7 heteroatoms. The zero-order valence-corrected chi connectivity index (χ0v) is 18.9. The minimum Gasteiger partial charge on any atom is -0.296 e. The van der Waals surface area contributed by atoms with Crippen molar-refractivity contribution in [2.45, 2.75) is 68.0 Å². The Morgan fingerprint density at radius 3 is 2.37 bits per heavy atom. The minimum absolute atomic E-state index is 0.0210. The van der Waals surface area contributed by atoms with Gasteiger partial charge in [0.1, 0.15) is 5.82 Å². The second kappa shape index (κ2) is 10.5. The number of nitrogens with one attached hydrogen (secondary N) is 1. The molecular weight excluding hydrogens is 429 g/mol. The molecule has 1 saturated carbocycles. The number of unbranched alkanes of at least 4 members (excludes halogenated alkanes) is 1. The van der Waals surface area contributed by atoms with E-state index in [4.69, 9.17) is 0 Å². The zero-order chi connectivity index (χ0) is 21.6. The van der Waals surface area contributed by atoms with E-state index in [1.54, 1.807) is 0 Å². The third kappa shape index (κ3) is 5.77. The van der Waals surface area contributed by atoms with Crippen LogP contribution in [0.4, 0.5) is 17.6 Å². The monoisotopic (exact) mass is 457 g/mol. The maximum atomic E-state index is 14.2. The number of benzene rings is 2. The van der Waals surface area contributed by atoms with Crippen LogP contribution < -0.4 is 5.09 Å². The summed E-state index contributed by atoms with van der Waals surface area (Å²) in [5.41, 5.74) is 0.866. The molecule has 3 rings (SSSR count). The van der Waals surface area contributed by atoms with E-state index in [0.29, 0.717) is 5.75 Å². The molecule has 1 atom stereocenters. The molecule has 0 aliphatic heterocycles. The van der Waals surface area contributed by atoms with Crippen LogP contribution in [-0.4, -0.2) is 5.75 Å². The highest BCUT2D eigenvalue weighted by molar-refractivity contribution is 7.99. The molecule has 30 heavy (non-hydrogen) atoms. The van der Waals surface area contributed by atoms with Gasteiger partial charge in [-0.3, -0.25) is 5.09 Å². The summed E-state index contributed by atoms with van der Waals surface area (Å²) >= 11 is 1.11. The highest BCUT2D eigenvalue weighted by atomic mass is 32.2. The van der Waals surface area contributed by atoms with Crippen molar-refractivity contribution < 1.29 is 17.6 Å². The number of rotatable bonds is 9. The van der Waals surface area contributed by atoms with Gasteiger partial charge >= 0.3 is 6.18 Å². The van der Waals surface area contributed by atoms with E-state index in [1.165, 1.54) is 31.2 Å². The number of hydrogen-bond acceptors (Lipinski definition) is 2. The Morgan fingerprint density at radius 1 is 1.03 bits per heavy atom. The normalized spacial score (nSPS) is 16.2.